The molecule has 30 heavy (non-hydrogen) atoms. The molecule has 0 aliphatic heterocycles. The molecule has 0 aliphatic carbocycles. The van der Waals surface area contributed by atoms with Gasteiger partial charge < -0.3 is 9.97 Å². The van der Waals surface area contributed by atoms with Crippen molar-refractivity contribution in [2.75, 3.05) is 0 Å². The molecule has 5 aromatic rings. The van der Waals surface area contributed by atoms with E-state index in [2.05, 4.69) is 29.9 Å². The number of hydrogen-bond donors (Lipinski definition) is 2. The number of H-pyrrole nitrogens is 2. The third kappa shape index (κ3) is 3.81. The normalized spacial score (nSPS) is 11.4. The molecule has 2 aromatic carbocycles. The molecule has 0 spiro atoms. The molecule has 148 valence electrons. The van der Waals surface area contributed by atoms with Crippen LogP contribution in [0, 0.1) is 6.92 Å². The van der Waals surface area contributed by atoms with Gasteiger partial charge in [-0.2, -0.15) is 0 Å². The van der Waals surface area contributed by atoms with Gasteiger partial charge in [-0.05, 0) is 25.1 Å². The van der Waals surface area contributed by atoms with Crippen LogP contribution in [0.5, 0.6) is 0 Å². The Balaban J connectivity index is 1.37. The van der Waals surface area contributed by atoms with E-state index < -0.39 is 0 Å². The minimum atomic E-state index is -0.183. The van der Waals surface area contributed by atoms with Crippen LogP contribution in [0.2, 0.25) is 0 Å². The standard InChI is InChI=1S/C22H18N6OS/c1-13-15-6-2-3-7-16(15)25-19(23-13)11-20-24-14(10-21(29)28-20)12-30-22-26-17-8-4-5-9-18(17)27-22/h2-10H,11-12H2,1H3,(H,26,27)(H,24,28,29). The lowest BCUT2D eigenvalue weighted by atomic mass is 10.2. The Labute approximate surface area is 176 Å². The van der Waals surface area contributed by atoms with Gasteiger partial charge in [0.05, 0.1) is 28.7 Å². The summed E-state index contributed by atoms with van der Waals surface area (Å²) in [6.07, 6.45) is 0.365. The van der Waals surface area contributed by atoms with Crippen molar-refractivity contribution in [1.82, 2.24) is 29.9 Å². The van der Waals surface area contributed by atoms with Gasteiger partial charge in [0.2, 0.25) is 0 Å². The summed E-state index contributed by atoms with van der Waals surface area (Å²) in [6, 6.07) is 17.3. The van der Waals surface area contributed by atoms with Crippen LogP contribution in [0.15, 0.2) is 64.5 Å². The van der Waals surface area contributed by atoms with Crippen LogP contribution in [-0.4, -0.2) is 29.9 Å². The Morgan fingerprint density at radius 2 is 1.70 bits per heavy atom. The molecule has 7 nitrogen and oxygen atoms in total. The lowest BCUT2D eigenvalue weighted by Gasteiger charge is -2.06. The number of thioether (sulfide) groups is 1. The molecular formula is C22H18N6OS. The van der Waals surface area contributed by atoms with Crippen LogP contribution in [0.3, 0.4) is 0 Å². The van der Waals surface area contributed by atoms with Crippen molar-refractivity contribution in [3.8, 4) is 0 Å². The fraction of sp³-hybridized carbons (Fsp3) is 0.136. The Hall–Kier alpha value is -3.52. The second-order valence-corrected chi connectivity index (χ2v) is 7.91. The zero-order valence-corrected chi connectivity index (χ0v) is 17.0. The number of rotatable bonds is 5. The monoisotopic (exact) mass is 414 g/mol. The molecule has 3 aromatic heterocycles. The molecule has 0 saturated heterocycles. The van der Waals surface area contributed by atoms with Crippen molar-refractivity contribution >= 4 is 33.7 Å². The first-order valence-corrected chi connectivity index (χ1v) is 10.5. The van der Waals surface area contributed by atoms with Gasteiger partial charge in [0.25, 0.3) is 5.56 Å². The van der Waals surface area contributed by atoms with Gasteiger partial charge in [0, 0.05) is 22.9 Å². The number of imidazole rings is 1. The zero-order valence-electron chi connectivity index (χ0n) is 16.2. The number of para-hydroxylation sites is 3. The second-order valence-electron chi connectivity index (χ2n) is 6.95. The van der Waals surface area contributed by atoms with E-state index in [1.165, 1.54) is 17.8 Å². The van der Waals surface area contributed by atoms with Crippen LogP contribution in [-0.2, 0) is 12.2 Å². The maximum absolute atomic E-state index is 12.2. The number of fused-ring (bicyclic) bond motifs is 2. The molecule has 0 radical (unpaired) electrons. The van der Waals surface area contributed by atoms with Crippen molar-refractivity contribution in [2.24, 2.45) is 0 Å². The molecule has 0 fully saturated rings. The fourth-order valence-electron chi connectivity index (χ4n) is 3.38. The van der Waals surface area contributed by atoms with Gasteiger partial charge in [-0.25, -0.2) is 19.9 Å². The summed E-state index contributed by atoms with van der Waals surface area (Å²) in [5.41, 5.74) is 4.22. The first-order valence-electron chi connectivity index (χ1n) is 9.53. The van der Waals surface area contributed by atoms with E-state index in [9.17, 15) is 4.79 Å². The average Bonchev–Trinajstić information content (AvgIpc) is 3.15. The molecule has 0 aliphatic rings. The topological polar surface area (TPSA) is 100 Å². The highest BCUT2D eigenvalue weighted by Gasteiger charge is 2.09. The molecule has 5 rings (SSSR count). The summed E-state index contributed by atoms with van der Waals surface area (Å²) in [7, 11) is 0. The van der Waals surface area contributed by atoms with Gasteiger partial charge in [0.1, 0.15) is 11.6 Å². The first kappa shape index (κ1) is 18.5. The van der Waals surface area contributed by atoms with Crippen LogP contribution in [0.4, 0.5) is 0 Å². The summed E-state index contributed by atoms with van der Waals surface area (Å²) in [6.45, 7) is 1.96. The van der Waals surface area contributed by atoms with Crippen LogP contribution >= 0.6 is 11.8 Å². The lowest BCUT2D eigenvalue weighted by molar-refractivity contribution is 0.863. The summed E-state index contributed by atoms with van der Waals surface area (Å²) in [5, 5.41) is 1.83. The van der Waals surface area contributed by atoms with E-state index in [1.54, 1.807) is 0 Å². The van der Waals surface area contributed by atoms with E-state index >= 15 is 0 Å². The van der Waals surface area contributed by atoms with Gasteiger partial charge in [0.15, 0.2) is 5.16 Å². The number of aromatic amines is 2. The minimum Gasteiger partial charge on any atom is -0.333 e. The Morgan fingerprint density at radius 3 is 2.57 bits per heavy atom. The number of nitrogens with one attached hydrogen (secondary N) is 2. The Bertz CT molecular complexity index is 1390. The average molecular weight is 414 g/mol. The molecule has 0 saturated carbocycles. The van der Waals surface area contributed by atoms with Crippen LogP contribution in [0.25, 0.3) is 21.9 Å². The largest absolute Gasteiger partial charge is 0.333 e. The summed E-state index contributed by atoms with van der Waals surface area (Å²) >= 11 is 1.51. The predicted molar refractivity (Wildman–Crippen MR) is 118 cm³/mol. The summed E-state index contributed by atoms with van der Waals surface area (Å²) in [5.74, 6) is 1.72. The fourth-order valence-corrected chi connectivity index (χ4v) is 4.16. The molecule has 8 heteroatoms. The van der Waals surface area contributed by atoms with Crippen molar-refractivity contribution in [3.05, 3.63) is 88.0 Å². The summed E-state index contributed by atoms with van der Waals surface area (Å²) in [4.78, 5) is 36.6. The van der Waals surface area contributed by atoms with Gasteiger partial charge >= 0.3 is 0 Å². The van der Waals surface area contributed by atoms with Crippen LogP contribution in [0.1, 0.15) is 23.0 Å². The van der Waals surface area contributed by atoms with Crippen LogP contribution < -0.4 is 5.56 Å². The number of aromatic nitrogens is 6. The molecule has 3 heterocycles. The maximum Gasteiger partial charge on any atom is 0.251 e. The molecule has 0 bridgehead atoms. The third-order valence-corrected chi connectivity index (χ3v) is 5.64. The lowest BCUT2D eigenvalue weighted by Crippen LogP contribution is -2.14. The Morgan fingerprint density at radius 1 is 0.900 bits per heavy atom. The van der Waals surface area contributed by atoms with Crippen molar-refractivity contribution in [3.63, 3.8) is 0 Å². The van der Waals surface area contributed by atoms with Gasteiger partial charge in [-0.3, -0.25) is 4.79 Å². The predicted octanol–water partition coefficient (Wildman–Crippen LogP) is 3.78. The van der Waals surface area contributed by atoms with Crippen molar-refractivity contribution in [2.45, 2.75) is 24.3 Å². The quantitative estimate of drug-likeness (QED) is 0.425. The van der Waals surface area contributed by atoms with E-state index in [1.807, 2.05) is 55.5 Å². The highest BCUT2D eigenvalue weighted by molar-refractivity contribution is 7.98. The molecule has 0 amide bonds. The molecule has 0 unspecified atom stereocenters. The molecular weight excluding hydrogens is 396 g/mol. The van der Waals surface area contributed by atoms with Gasteiger partial charge in [-0.1, -0.05) is 42.1 Å². The maximum atomic E-state index is 12.2. The highest BCUT2D eigenvalue weighted by atomic mass is 32.2. The number of hydrogen-bond acceptors (Lipinski definition) is 6. The van der Waals surface area contributed by atoms with E-state index in [-0.39, 0.29) is 5.56 Å². The third-order valence-electron chi connectivity index (χ3n) is 4.73. The summed E-state index contributed by atoms with van der Waals surface area (Å²) < 4.78 is 0. The molecule has 0 atom stereocenters. The van der Waals surface area contributed by atoms with Crippen molar-refractivity contribution < 1.29 is 0 Å². The van der Waals surface area contributed by atoms with Crippen molar-refractivity contribution in [1.29, 1.82) is 0 Å². The zero-order chi connectivity index (χ0) is 20.5. The smallest absolute Gasteiger partial charge is 0.251 e. The van der Waals surface area contributed by atoms with E-state index in [0.717, 1.165) is 32.8 Å². The molecule has 2 N–H and O–H groups in total. The Kier molecular flexibility index (Phi) is 4.76. The highest BCUT2D eigenvalue weighted by Crippen LogP contribution is 2.22. The number of aryl methyl sites for hydroxylation is 1. The number of benzene rings is 2. The SMILES string of the molecule is Cc1nc(Cc2nc(CSc3nc4ccccc4[nH]3)cc(=O)[nH]2)nc2ccccc12. The first-order chi connectivity index (χ1) is 14.6. The van der Waals surface area contributed by atoms with E-state index in [4.69, 9.17) is 0 Å². The minimum absolute atomic E-state index is 0.183. The van der Waals surface area contributed by atoms with E-state index in [0.29, 0.717) is 29.5 Å². The second kappa shape index (κ2) is 7.72. The number of nitrogens with zero attached hydrogens (tertiary/aromatic N) is 4. The van der Waals surface area contributed by atoms with Gasteiger partial charge in [-0.15, -0.1) is 0 Å².